The first kappa shape index (κ1) is 9.88. The second-order valence-electron chi connectivity index (χ2n) is 0.977. The normalized spacial score (nSPS) is 8.33. The molecule has 0 atom stereocenters. The van der Waals surface area contributed by atoms with Crippen molar-refractivity contribution in [3.8, 4) is 0 Å². The van der Waals surface area contributed by atoms with Crippen molar-refractivity contribution in [3.63, 3.8) is 0 Å². The van der Waals surface area contributed by atoms with Gasteiger partial charge in [-0.3, -0.25) is 0 Å². The van der Waals surface area contributed by atoms with Crippen molar-refractivity contribution >= 4 is 29.6 Å². The van der Waals surface area contributed by atoms with Crippen LogP contribution in [0.2, 0.25) is 0 Å². The Bertz CT molecular complexity index is 30.9. The van der Waals surface area contributed by atoms with E-state index in [1.807, 2.05) is 6.92 Å². The van der Waals surface area contributed by atoms with Gasteiger partial charge in [-0.2, -0.15) is 0 Å². The zero-order valence-corrected chi connectivity index (χ0v) is 3.86. The van der Waals surface area contributed by atoms with Gasteiger partial charge in [0, 0.05) is 0 Å². The van der Waals surface area contributed by atoms with Crippen LogP contribution in [-0.2, 0) is 0 Å². The number of hydrogen-bond acceptors (Lipinski definition) is 0. The van der Waals surface area contributed by atoms with Crippen LogP contribution in [0.15, 0.2) is 12.2 Å². The summed E-state index contributed by atoms with van der Waals surface area (Å²) >= 11 is 0. The van der Waals surface area contributed by atoms with Crippen LogP contribution in [0.5, 0.6) is 0 Å². The fourth-order valence-electron chi connectivity index (χ4n) is 0.236. The Morgan fingerprint density at radius 1 is 1.50 bits per heavy atom. The molecule has 0 aliphatic rings. The molecule has 0 rings (SSSR count). The first-order valence-electron chi connectivity index (χ1n) is 2.03. The molecule has 0 saturated carbocycles. The summed E-state index contributed by atoms with van der Waals surface area (Å²) in [5.41, 5.74) is 0. The molecule has 0 N–H and O–H groups in total. The third-order valence-electron chi connectivity index (χ3n) is 0.471. The topological polar surface area (TPSA) is 0 Å². The number of hydrogen-bond donors (Lipinski definition) is 0. The SMILES string of the molecule is CC=CCC.[NaH]. The molecule has 0 amide bonds. The summed E-state index contributed by atoms with van der Waals surface area (Å²) in [4.78, 5) is 0. The molecule has 0 aliphatic carbocycles. The molecule has 32 valence electrons. The molecule has 0 bridgehead atoms. The van der Waals surface area contributed by atoms with E-state index in [2.05, 4.69) is 19.1 Å². The van der Waals surface area contributed by atoms with Crippen molar-refractivity contribution in [2.75, 3.05) is 0 Å². The summed E-state index contributed by atoms with van der Waals surface area (Å²) < 4.78 is 0. The molecule has 0 aromatic carbocycles. The van der Waals surface area contributed by atoms with E-state index in [9.17, 15) is 0 Å². The summed E-state index contributed by atoms with van der Waals surface area (Å²) in [6, 6.07) is 0. The van der Waals surface area contributed by atoms with Crippen LogP contribution < -0.4 is 0 Å². The molecule has 0 saturated heterocycles. The molecule has 0 aliphatic heterocycles. The molecule has 0 aromatic heterocycles. The average Bonchev–Trinajstić information content (AvgIpc) is 1.41. The minimum atomic E-state index is 0. The quantitative estimate of drug-likeness (QED) is 0.339. The molecule has 0 spiro atoms. The standard InChI is InChI=1S/C5H10.Na.H/c1-3-5-4-2;;/h3,5H,4H2,1-2H3;;. The number of rotatable bonds is 1. The summed E-state index contributed by atoms with van der Waals surface area (Å²) in [5, 5.41) is 0. The Morgan fingerprint density at radius 2 is 2.00 bits per heavy atom. The zero-order valence-electron chi connectivity index (χ0n) is 3.86. The van der Waals surface area contributed by atoms with Crippen molar-refractivity contribution in [1.82, 2.24) is 0 Å². The fraction of sp³-hybridized carbons (Fsp3) is 0.600. The van der Waals surface area contributed by atoms with Crippen LogP contribution in [0, 0.1) is 0 Å². The van der Waals surface area contributed by atoms with E-state index in [0.29, 0.717) is 0 Å². The molecule has 0 unspecified atom stereocenters. The molecular weight excluding hydrogens is 83.0 g/mol. The number of allylic oxidation sites excluding steroid dienone is 2. The molecular formula is C5H11Na. The maximum atomic E-state index is 2.12. The van der Waals surface area contributed by atoms with Gasteiger partial charge in [0.1, 0.15) is 0 Å². The van der Waals surface area contributed by atoms with Crippen molar-refractivity contribution < 1.29 is 0 Å². The summed E-state index contributed by atoms with van der Waals surface area (Å²) in [7, 11) is 0. The van der Waals surface area contributed by atoms with Crippen molar-refractivity contribution in [2.24, 2.45) is 0 Å². The van der Waals surface area contributed by atoms with Gasteiger partial charge in [0.05, 0.1) is 0 Å². The van der Waals surface area contributed by atoms with E-state index in [4.69, 9.17) is 0 Å². The molecule has 6 heavy (non-hydrogen) atoms. The van der Waals surface area contributed by atoms with Crippen molar-refractivity contribution in [3.05, 3.63) is 12.2 Å². The van der Waals surface area contributed by atoms with E-state index in [0.717, 1.165) is 6.42 Å². The molecule has 0 aromatic rings. The van der Waals surface area contributed by atoms with Crippen LogP contribution >= 0.6 is 0 Å². The monoisotopic (exact) mass is 94.1 g/mol. The van der Waals surface area contributed by atoms with Crippen LogP contribution in [-0.4, -0.2) is 29.6 Å². The van der Waals surface area contributed by atoms with Gasteiger partial charge in [0.25, 0.3) is 0 Å². The Kier molecular flexibility index (Phi) is 15.2. The predicted octanol–water partition coefficient (Wildman–Crippen LogP) is 1.32. The molecule has 0 fully saturated rings. The van der Waals surface area contributed by atoms with Crippen molar-refractivity contribution in [1.29, 1.82) is 0 Å². The van der Waals surface area contributed by atoms with Gasteiger partial charge >= 0.3 is 29.6 Å². The first-order valence-corrected chi connectivity index (χ1v) is 2.03. The van der Waals surface area contributed by atoms with E-state index in [1.54, 1.807) is 0 Å². The zero-order chi connectivity index (χ0) is 4.12. The Balaban J connectivity index is 0. The minimum absolute atomic E-state index is 0. The molecule has 1 heteroatoms. The van der Waals surface area contributed by atoms with Gasteiger partial charge < -0.3 is 0 Å². The Hall–Kier alpha value is 0.740. The Morgan fingerprint density at radius 3 is 2.00 bits per heavy atom. The maximum absolute atomic E-state index is 2.12. The first-order chi connectivity index (χ1) is 2.41. The Labute approximate surface area is 61.9 Å². The fourth-order valence-corrected chi connectivity index (χ4v) is 0.236. The van der Waals surface area contributed by atoms with Gasteiger partial charge in [0.2, 0.25) is 0 Å². The molecule has 0 nitrogen and oxygen atoms in total. The third-order valence-corrected chi connectivity index (χ3v) is 0.471. The van der Waals surface area contributed by atoms with E-state index in [-0.39, 0.29) is 29.6 Å². The average molecular weight is 94.1 g/mol. The molecule has 0 radical (unpaired) electrons. The summed E-state index contributed by atoms with van der Waals surface area (Å²) in [6.45, 7) is 4.16. The van der Waals surface area contributed by atoms with Gasteiger partial charge in [-0.05, 0) is 13.3 Å². The van der Waals surface area contributed by atoms with Gasteiger partial charge in [-0.1, -0.05) is 19.1 Å². The van der Waals surface area contributed by atoms with Crippen molar-refractivity contribution in [2.45, 2.75) is 20.3 Å². The van der Waals surface area contributed by atoms with E-state index in [1.165, 1.54) is 0 Å². The summed E-state index contributed by atoms with van der Waals surface area (Å²) in [5.74, 6) is 0. The second-order valence-corrected chi connectivity index (χ2v) is 0.977. The van der Waals surface area contributed by atoms with E-state index >= 15 is 0 Å². The van der Waals surface area contributed by atoms with Crippen LogP contribution in [0.25, 0.3) is 0 Å². The van der Waals surface area contributed by atoms with Gasteiger partial charge in [0.15, 0.2) is 0 Å². The predicted molar refractivity (Wildman–Crippen MR) is 32.3 cm³/mol. The van der Waals surface area contributed by atoms with Gasteiger partial charge in [-0.25, -0.2) is 0 Å². The second kappa shape index (κ2) is 9.22. The molecule has 0 heterocycles. The van der Waals surface area contributed by atoms with Gasteiger partial charge in [-0.15, -0.1) is 0 Å². The van der Waals surface area contributed by atoms with E-state index < -0.39 is 0 Å². The van der Waals surface area contributed by atoms with Crippen LogP contribution in [0.4, 0.5) is 0 Å². The third kappa shape index (κ3) is 8.83. The van der Waals surface area contributed by atoms with Crippen LogP contribution in [0.1, 0.15) is 20.3 Å². The van der Waals surface area contributed by atoms with Crippen LogP contribution in [0.3, 0.4) is 0 Å². The summed E-state index contributed by atoms with van der Waals surface area (Å²) in [6.07, 6.45) is 5.34.